The number of ether oxygens (including phenoxy) is 2. The average Bonchev–Trinajstić information content (AvgIpc) is 2.27. The fourth-order valence-electron chi connectivity index (χ4n) is 1.17. The van der Waals surface area contributed by atoms with E-state index >= 15 is 0 Å². The van der Waals surface area contributed by atoms with Crippen LogP contribution in [0.4, 0.5) is 10.1 Å². The Bertz CT molecular complexity index is 348. The molecule has 2 N–H and O–H groups in total. The van der Waals surface area contributed by atoms with Gasteiger partial charge >= 0.3 is 5.97 Å². The van der Waals surface area contributed by atoms with Crippen LogP contribution in [0, 0.1) is 5.82 Å². The number of nitrogens with two attached hydrogens (primary N) is 1. The first-order valence-electron chi connectivity index (χ1n) is 4.88. The molecule has 0 atom stereocenters. The molecule has 0 aromatic heterocycles. The Morgan fingerprint density at radius 1 is 1.50 bits per heavy atom. The molecule has 0 unspecified atom stereocenters. The van der Waals surface area contributed by atoms with E-state index in [9.17, 15) is 9.18 Å². The number of hydrogen-bond acceptors (Lipinski definition) is 4. The third-order valence-electron chi connectivity index (χ3n) is 2.00. The molecule has 1 aromatic rings. The van der Waals surface area contributed by atoms with Gasteiger partial charge in [0.15, 0.2) is 11.6 Å². The maximum Gasteiger partial charge on any atom is 0.305 e. The molecule has 0 amide bonds. The van der Waals surface area contributed by atoms with Gasteiger partial charge in [0.25, 0.3) is 0 Å². The van der Waals surface area contributed by atoms with Crippen molar-refractivity contribution in [2.75, 3.05) is 19.5 Å². The molecule has 0 aliphatic carbocycles. The highest BCUT2D eigenvalue weighted by molar-refractivity contribution is 5.69. The van der Waals surface area contributed by atoms with Crippen LogP contribution in [0.15, 0.2) is 18.2 Å². The second-order valence-corrected chi connectivity index (χ2v) is 3.19. The molecule has 0 heterocycles. The molecule has 1 rings (SSSR count). The zero-order valence-corrected chi connectivity index (χ0v) is 9.03. The van der Waals surface area contributed by atoms with E-state index < -0.39 is 5.82 Å². The van der Waals surface area contributed by atoms with E-state index in [-0.39, 0.29) is 30.4 Å². The van der Waals surface area contributed by atoms with Gasteiger partial charge in [0, 0.05) is 6.42 Å². The quantitative estimate of drug-likeness (QED) is 0.473. The van der Waals surface area contributed by atoms with Crippen LogP contribution in [0.3, 0.4) is 0 Å². The predicted molar refractivity (Wildman–Crippen MR) is 57.6 cm³/mol. The molecule has 0 spiro atoms. The molecule has 5 heteroatoms. The summed E-state index contributed by atoms with van der Waals surface area (Å²) in [4.78, 5) is 10.8. The number of para-hydroxylation sites is 1. The fourth-order valence-corrected chi connectivity index (χ4v) is 1.17. The topological polar surface area (TPSA) is 61.5 Å². The molecule has 0 bridgehead atoms. The maximum absolute atomic E-state index is 13.2. The minimum atomic E-state index is -0.502. The van der Waals surface area contributed by atoms with Gasteiger partial charge < -0.3 is 15.2 Å². The van der Waals surface area contributed by atoms with E-state index in [1.807, 2.05) is 0 Å². The molecule has 1 aromatic carbocycles. The number of halogens is 1. The first kappa shape index (κ1) is 12.3. The number of rotatable bonds is 5. The van der Waals surface area contributed by atoms with Crippen molar-refractivity contribution in [1.29, 1.82) is 0 Å². The highest BCUT2D eigenvalue weighted by Crippen LogP contribution is 2.24. The Kier molecular flexibility index (Phi) is 4.57. The highest BCUT2D eigenvalue weighted by atomic mass is 19.1. The van der Waals surface area contributed by atoms with Crippen molar-refractivity contribution in [3.8, 4) is 5.75 Å². The summed E-state index contributed by atoms with van der Waals surface area (Å²) in [5, 5.41) is 0. The van der Waals surface area contributed by atoms with E-state index in [1.54, 1.807) is 6.07 Å². The van der Waals surface area contributed by atoms with Crippen molar-refractivity contribution in [3.63, 3.8) is 0 Å². The van der Waals surface area contributed by atoms with Crippen LogP contribution < -0.4 is 10.5 Å². The lowest BCUT2D eigenvalue weighted by atomic mass is 10.3. The first-order chi connectivity index (χ1) is 7.65. The van der Waals surface area contributed by atoms with Crippen LogP contribution in [0.1, 0.15) is 12.8 Å². The third kappa shape index (κ3) is 3.42. The third-order valence-corrected chi connectivity index (χ3v) is 2.00. The number of methoxy groups -OCH3 is 1. The smallest absolute Gasteiger partial charge is 0.305 e. The van der Waals surface area contributed by atoms with Crippen molar-refractivity contribution in [2.45, 2.75) is 12.8 Å². The number of esters is 1. The lowest BCUT2D eigenvalue weighted by molar-refractivity contribution is -0.140. The second kappa shape index (κ2) is 5.95. The number of benzene rings is 1. The van der Waals surface area contributed by atoms with Gasteiger partial charge in [-0.2, -0.15) is 0 Å². The van der Waals surface area contributed by atoms with Crippen molar-refractivity contribution in [1.82, 2.24) is 0 Å². The molecule has 0 radical (unpaired) electrons. The number of hydrogen-bond donors (Lipinski definition) is 1. The summed E-state index contributed by atoms with van der Waals surface area (Å²) in [7, 11) is 1.32. The summed E-state index contributed by atoms with van der Waals surface area (Å²) in [6.07, 6.45) is 0.700. The number of nitrogen functional groups attached to an aromatic ring is 1. The molecule has 0 saturated heterocycles. The SMILES string of the molecule is COC(=O)CCCOc1c(N)cccc1F. The van der Waals surface area contributed by atoms with Crippen molar-refractivity contribution in [2.24, 2.45) is 0 Å². The highest BCUT2D eigenvalue weighted by Gasteiger charge is 2.07. The van der Waals surface area contributed by atoms with Gasteiger partial charge in [0.05, 0.1) is 19.4 Å². The molecule has 16 heavy (non-hydrogen) atoms. The van der Waals surface area contributed by atoms with Crippen molar-refractivity contribution < 1.29 is 18.7 Å². The van der Waals surface area contributed by atoms with E-state index in [1.165, 1.54) is 19.2 Å². The Labute approximate surface area is 93.2 Å². The Morgan fingerprint density at radius 3 is 2.88 bits per heavy atom. The van der Waals surface area contributed by atoms with Gasteiger partial charge in [-0.1, -0.05) is 6.07 Å². The van der Waals surface area contributed by atoms with E-state index in [4.69, 9.17) is 10.5 Å². The lowest BCUT2D eigenvalue weighted by Gasteiger charge is -2.08. The Hall–Kier alpha value is -1.78. The van der Waals surface area contributed by atoms with E-state index in [0.29, 0.717) is 6.42 Å². The standard InChI is InChI=1S/C11H14FNO3/c1-15-10(14)6-3-7-16-11-8(12)4-2-5-9(11)13/h2,4-5H,3,6-7,13H2,1H3. The Balaban J connectivity index is 2.40. The minimum Gasteiger partial charge on any atom is -0.488 e. The zero-order chi connectivity index (χ0) is 12.0. The van der Waals surface area contributed by atoms with E-state index in [0.717, 1.165) is 0 Å². The van der Waals surface area contributed by atoms with Crippen molar-refractivity contribution in [3.05, 3.63) is 24.0 Å². The minimum absolute atomic E-state index is 0.0346. The molecular formula is C11H14FNO3. The lowest BCUT2D eigenvalue weighted by Crippen LogP contribution is -2.06. The monoisotopic (exact) mass is 227 g/mol. The van der Waals surface area contributed by atoms with Gasteiger partial charge in [-0.05, 0) is 18.6 Å². The van der Waals surface area contributed by atoms with Crippen LogP contribution in [0.2, 0.25) is 0 Å². The normalized spacial score (nSPS) is 9.88. The summed E-state index contributed by atoms with van der Waals surface area (Å²) in [6.45, 7) is 0.222. The molecule has 0 fully saturated rings. The average molecular weight is 227 g/mol. The fraction of sp³-hybridized carbons (Fsp3) is 0.364. The number of carbonyl (C=O) groups is 1. The molecule has 0 saturated carbocycles. The molecule has 0 aliphatic heterocycles. The second-order valence-electron chi connectivity index (χ2n) is 3.19. The summed E-state index contributed by atoms with van der Waals surface area (Å²) < 4.78 is 22.8. The Morgan fingerprint density at radius 2 is 2.25 bits per heavy atom. The predicted octanol–water partition coefficient (Wildman–Crippen LogP) is 1.74. The first-order valence-corrected chi connectivity index (χ1v) is 4.88. The van der Waals surface area contributed by atoms with Gasteiger partial charge in [0.2, 0.25) is 0 Å². The zero-order valence-electron chi connectivity index (χ0n) is 9.03. The molecule has 88 valence electrons. The van der Waals surface area contributed by atoms with Crippen LogP contribution in [-0.4, -0.2) is 19.7 Å². The van der Waals surface area contributed by atoms with Crippen LogP contribution in [0.5, 0.6) is 5.75 Å². The number of anilines is 1. The molecule has 4 nitrogen and oxygen atoms in total. The summed E-state index contributed by atoms with van der Waals surface area (Å²) in [6, 6.07) is 4.33. The van der Waals surface area contributed by atoms with Crippen LogP contribution in [-0.2, 0) is 9.53 Å². The van der Waals surface area contributed by atoms with Crippen LogP contribution >= 0.6 is 0 Å². The summed E-state index contributed by atoms with van der Waals surface area (Å²) in [5.41, 5.74) is 5.78. The van der Waals surface area contributed by atoms with Gasteiger partial charge in [0.1, 0.15) is 0 Å². The molecule has 0 aliphatic rings. The summed E-state index contributed by atoms with van der Waals surface area (Å²) >= 11 is 0. The maximum atomic E-state index is 13.2. The van der Waals surface area contributed by atoms with Gasteiger partial charge in [-0.3, -0.25) is 4.79 Å². The number of carbonyl (C=O) groups excluding carboxylic acids is 1. The molecular weight excluding hydrogens is 213 g/mol. The van der Waals surface area contributed by atoms with Gasteiger partial charge in [-0.15, -0.1) is 0 Å². The van der Waals surface area contributed by atoms with Crippen LogP contribution in [0.25, 0.3) is 0 Å². The summed E-state index contributed by atoms with van der Waals surface area (Å²) in [5.74, 6) is -0.782. The van der Waals surface area contributed by atoms with Gasteiger partial charge in [-0.25, -0.2) is 4.39 Å². The largest absolute Gasteiger partial charge is 0.488 e. The van der Waals surface area contributed by atoms with Crippen molar-refractivity contribution >= 4 is 11.7 Å². The van der Waals surface area contributed by atoms with E-state index in [2.05, 4.69) is 4.74 Å².